The predicted octanol–water partition coefficient (Wildman–Crippen LogP) is 21.8. The van der Waals surface area contributed by atoms with Gasteiger partial charge in [-0.1, -0.05) is 331 Å². The molecule has 0 saturated carbocycles. The van der Waals surface area contributed by atoms with Crippen LogP contribution in [0.1, 0.15) is 382 Å². The van der Waals surface area contributed by atoms with Crippen LogP contribution in [0.2, 0.25) is 0 Å². The Morgan fingerprint density at radius 1 is 0.298 bits per heavy atom. The fraction of sp³-hybridized carbons (Fsp3) is 0.947. The van der Waals surface area contributed by atoms with Gasteiger partial charge >= 0.3 is 39.5 Å². The number of ether oxygens (including phenoxy) is 4. The van der Waals surface area contributed by atoms with E-state index in [0.29, 0.717) is 25.7 Å². The summed E-state index contributed by atoms with van der Waals surface area (Å²) in [5.41, 5.74) is 0. The summed E-state index contributed by atoms with van der Waals surface area (Å²) in [5.74, 6) is 0.273. The summed E-state index contributed by atoms with van der Waals surface area (Å²) < 4.78 is 68.5. The summed E-state index contributed by atoms with van der Waals surface area (Å²) >= 11 is 0. The summed E-state index contributed by atoms with van der Waals surface area (Å²) in [4.78, 5) is 72.8. The molecule has 8 atom stereocenters. The Morgan fingerprint density at radius 3 is 0.755 bits per heavy atom. The third-order valence-electron chi connectivity index (χ3n) is 18.5. The fourth-order valence-electron chi connectivity index (χ4n) is 11.3. The zero-order valence-corrected chi connectivity index (χ0v) is 63.2. The van der Waals surface area contributed by atoms with Gasteiger partial charge in [-0.15, -0.1) is 0 Å². The van der Waals surface area contributed by atoms with Crippen molar-refractivity contribution in [3.63, 3.8) is 0 Å². The molecule has 0 radical (unpaired) electrons. The minimum Gasteiger partial charge on any atom is -0.462 e. The number of carbonyl (C=O) groups excluding carboxylic acids is 4. The van der Waals surface area contributed by atoms with E-state index in [-0.39, 0.29) is 25.7 Å². The normalized spacial score (nSPS) is 15.0. The Hall–Kier alpha value is -1.94. The quantitative estimate of drug-likeness (QED) is 0.0222. The predicted molar refractivity (Wildman–Crippen MR) is 381 cm³/mol. The molecule has 0 aromatic rings. The SMILES string of the molecule is CCCCCCCCCCCCCCC(=O)OC[C@H](COP(=O)(O)OC[C@H](O)COP(=O)(O)OC[C@@H](COC(=O)CCCCCCCCCCC(C)CC)OC(=O)CCCCCCCCCCCCCCCCC(C)CC)OC(=O)CCCCCCCCCCC(C)CC. The van der Waals surface area contributed by atoms with E-state index in [0.717, 1.165) is 108 Å². The van der Waals surface area contributed by atoms with Gasteiger partial charge in [0.05, 0.1) is 26.4 Å². The Morgan fingerprint density at radius 2 is 0.511 bits per heavy atom. The lowest BCUT2D eigenvalue weighted by atomic mass is 9.99. The van der Waals surface area contributed by atoms with Gasteiger partial charge in [0.1, 0.15) is 19.3 Å². The maximum Gasteiger partial charge on any atom is 0.472 e. The van der Waals surface area contributed by atoms with Crippen molar-refractivity contribution in [1.82, 2.24) is 0 Å². The standard InChI is InChI=1S/C75H146O17P2/c1-8-12-13-14-15-16-17-23-26-35-42-49-56-72(77)85-62-71(92-75(80)59-52-45-38-31-29-34-41-48-55-68(7)11-4)65-90-94(83,84)88-61-69(76)60-87-93(81,82)89-64-70(63-86-73(78)57-50-43-36-30-28-33-40-47-54-67(6)10-3)91-74(79)58-51-44-37-27-24-21-19-18-20-22-25-32-39-46-53-66(5)9-2/h66-71,76H,8-65H2,1-7H3,(H,81,82)(H,83,84)/t66?,67?,68?,69-,70-,71-/m1/s1. The third kappa shape index (κ3) is 64.7. The number of unbranched alkanes of at least 4 members (excludes halogenated alkanes) is 38. The summed E-state index contributed by atoms with van der Waals surface area (Å²) in [6.07, 6.45) is 51.1. The van der Waals surface area contributed by atoms with Crippen LogP contribution in [0.3, 0.4) is 0 Å². The van der Waals surface area contributed by atoms with E-state index in [1.54, 1.807) is 0 Å². The first kappa shape index (κ1) is 92.1. The van der Waals surface area contributed by atoms with Crippen molar-refractivity contribution in [3.8, 4) is 0 Å². The van der Waals surface area contributed by atoms with Crippen LogP contribution in [0.25, 0.3) is 0 Å². The van der Waals surface area contributed by atoms with E-state index in [1.165, 1.54) is 193 Å². The molecule has 17 nitrogen and oxygen atoms in total. The Kier molecular flexibility index (Phi) is 64.3. The molecule has 0 aliphatic rings. The van der Waals surface area contributed by atoms with E-state index < -0.39 is 97.5 Å². The second-order valence-corrected chi connectivity index (χ2v) is 30.7. The molecule has 0 aromatic heterocycles. The minimum absolute atomic E-state index is 0.105. The minimum atomic E-state index is -4.96. The number of aliphatic hydroxyl groups excluding tert-OH is 1. The number of carbonyl (C=O) groups is 4. The lowest BCUT2D eigenvalue weighted by Gasteiger charge is -2.21. The highest BCUT2D eigenvalue weighted by molar-refractivity contribution is 7.47. The Labute approximate surface area is 575 Å². The van der Waals surface area contributed by atoms with Crippen molar-refractivity contribution in [2.24, 2.45) is 17.8 Å². The van der Waals surface area contributed by atoms with Gasteiger partial charge in [0.2, 0.25) is 0 Å². The first-order valence-corrected chi connectivity index (χ1v) is 42.0. The highest BCUT2D eigenvalue weighted by Gasteiger charge is 2.30. The molecule has 0 saturated heterocycles. The lowest BCUT2D eigenvalue weighted by molar-refractivity contribution is -0.161. The number of hydrogen-bond donors (Lipinski definition) is 3. The molecule has 3 N–H and O–H groups in total. The molecule has 0 aliphatic heterocycles. The smallest absolute Gasteiger partial charge is 0.462 e. The molecule has 0 spiro atoms. The molecular weight excluding hydrogens is 1230 g/mol. The van der Waals surface area contributed by atoms with E-state index in [2.05, 4.69) is 48.5 Å². The van der Waals surface area contributed by atoms with Crippen molar-refractivity contribution in [2.75, 3.05) is 39.6 Å². The zero-order valence-electron chi connectivity index (χ0n) is 61.4. The van der Waals surface area contributed by atoms with Crippen molar-refractivity contribution in [2.45, 2.75) is 401 Å². The molecule has 558 valence electrons. The first-order chi connectivity index (χ1) is 45.3. The van der Waals surface area contributed by atoms with Crippen LogP contribution in [0.5, 0.6) is 0 Å². The summed E-state index contributed by atoms with van der Waals surface area (Å²) in [5, 5.41) is 10.6. The largest absolute Gasteiger partial charge is 0.472 e. The van der Waals surface area contributed by atoms with Gasteiger partial charge in [-0.3, -0.25) is 37.3 Å². The molecular formula is C75H146O17P2. The van der Waals surface area contributed by atoms with Crippen LogP contribution in [0, 0.1) is 17.8 Å². The van der Waals surface area contributed by atoms with Gasteiger partial charge in [0.25, 0.3) is 0 Å². The molecule has 0 aromatic carbocycles. The van der Waals surface area contributed by atoms with Crippen LogP contribution in [0.4, 0.5) is 0 Å². The topological polar surface area (TPSA) is 237 Å². The Balaban J connectivity index is 5.26. The second-order valence-electron chi connectivity index (χ2n) is 27.8. The van der Waals surface area contributed by atoms with Crippen molar-refractivity contribution >= 4 is 39.5 Å². The number of rotatable bonds is 73. The van der Waals surface area contributed by atoms with Gasteiger partial charge in [-0.05, 0) is 43.4 Å². The third-order valence-corrected chi connectivity index (χ3v) is 20.4. The maximum atomic E-state index is 13.1. The van der Waals surface area contributed by atoms with Gasteiger partial charge in [-0.2, -0.15) is 0 Å². The molecule has 94 heavy (non-hydrogen) atoms. The van der Waals surface area contributed by atoms with Gasteiger partial charge in [-0.25, -0.2) is 9.13 Å². The summed E-state index contributed by atoms with van der Waals surface area (Å²) in [7, 11) is -9.91. The number of phosphoric ester groups is 2. The molecule has 5 unspecified atom stereocenters. The molecule has 0 fully saturated rings. The molecule has 0 aliphatic carbocycles. The number of hydrogen-bond acceptors (Lipinski definition) is 15. The lowest BCUT2D eigenvalue weighted by Crippen LogP contribution is -2.30. The Bertz CT molecular complexity index is 1840. The van der Waals surface area contributed by atoms with Crippen molar-refractivity contribution in [3.05, 3.63) is 0 Å². The highest BCUT2D eigenvalue weighted by atomic mass is 31.2. The summed E-state index contributed by atoms with van der Waals surface area (Å²) in [6, 6.07) is 0. The molecule has 0 bridgehead atoms. The van der Waals surface area contributed by atoms with Gasteiger partial charge < -0.3 is 33.8 Å². The van der Waals surface area contributed by atoms with Crippen LogP contribution in [-0.4, -0.2) is 96.7 Å². The fourth-order valence-corrected chi connectivity index (χ4v) is 12.9. The van der Waals surface area contributed by atoms with Crippen LogP contribution < -0.4 is 0 Å². The second kappa shape index (κ2) is 65.7. The molecule has 0 amide bonds. The van der Waals surface area contributed by atoms with E-state index in [4.69, 9.17) is 37.0 Å². The molecule has 0 rings (SSSR count). The highest BCUT2D eigenvalue weighted by Crippen LogP contribution is 2.45. The molecule has 19 heteroatoms. The van der Waals surface area contributed by atoms with E-state index in [9.17, 15) is 43.2 Å². The maximum absolute atomic E-state index is 13.1. The number of phosphoric acid groups is 2. The van der Waals surface area contributed by atoms with Crippen LogP contribution >= 0.6 is 15.6 Å². The first-order valence-electron chi connectivity index (χ1n) is 39.0. The van der Waals surface area contributed by atoms with Gasteiger partial charge in [0, 0.05) is 25.7 Å². The van der Waals surface area contributed by atoms with Crippen molar-refractivity contribution in [1.29, 1.82) is 0 Å². The van der Waals surface area contributed by atoms with Gasteiger partial charge in [0.15, 0.2) is 12.2 Å². The van der Waals surface area contributed by atoms with E-state index in [1.807, 2.05) is 0 Å². The van der Waals surface area contributed by atoms with Crippen molar-refractivity contribution < 1.29 is 80.2 Å². The van der Waals surface area contributed by atoms with Crippen LogP contribution in [0.15, 0.2) is 0 Å². The zero-order chi connectivity index (χ0) is 69.4. The van der Waals surface area contributed by atoms with Crippen LogP contribution in [-0.2, 0) is 65.4 Å². The van der Waals surface area contributed by atoms with E-state index >= 15 is 0 Å². The monoisotopic (exact) mass is 1380 g/mol. The number of esters is 4. The molecule has 0 heterocycles. The summed E-state index contributed by atoms with van der Waals surface area (Å²) in [6.45, 7) is 11.9. The average molecular weight is 1380 g/mol. The average Bonchev–Trinajstić information content (AvgIpc) is 1.78. The number of aliphatic hydroxyl groups is 1.